The van der Waals surface area contributed by atoms with Crippen LogP contribution in [-0.2, 0) is 18.4 Å². The van der Waals surface area contributed by atoms with Crippen LogP contribution in [-0.4, -0.2) is 38.2 Å². The summed E-state index contributed by atoms with van der Waals surface area (Å²) < 4.78 is 3.75. The number of rotatable bonds is 3. The maximum absolute atomic E-state index is 12.3. The van der Waals surface area contributed by atoms with E-state index in [-0.39, 0.29) is 5.91 Å². The summed E-state index contributed by atoms with van der Waals surface area (Å²) in [5, 5.41) is 4.48. The molecule has 0 aliphatic carbocycles. The third-order valence-corrected chi connectivity index (χ3v) is 3.91. The summed E-state index contributed by atoms with van der Waals surface area (Å²) in [4.78, 5) is 14.3. The molecule has 3 heterocycles. The normalized spacial score (nSPS) is 19.2. The summed E-state index contributed by atoms with van der Waals surface area (Å²) in [6.07, 6.45) is 8.00. The van der Waals surface area contributed by atoms with E-state index < -0.39 is 0 Å². The van der Waals surface area contributed by atoms with Gasteiger partial charge in [-0.1, -0.05) is 0 Å². The lowest BCUT2D eigenvalue weighted by molar-refractivity contribution is -0.133. The molecule has 1 saturated heterocycles. The quantitative estimate of drug-likeness (QED) is 0.852. The molecule has 3 rings (SSSR count). The Morgan fingerprint density at radius 1 is 1.35 bits per heavy atom. The van der Waals surface area contributed by atoms with Crippen molar-refractivity contribution in [3.8, 4) is 0 Å². The molecule has 20 heavy (non-hydrogen) atoms. The number of amides is 1. The number of nitrogens with zero attached hydrogens (tertiary/aromatic N) is 4. The van der Waals surface area contributed by atoms with Crippen molar-refractivity contribution in [2.24, 2.45) is 7.05 Å². The first kappa shape index (κ1) is 13.0. The van der Waals surface area contributed by atoms with Crippen molar-refractivity contribution in [2.45, 2.75) is 25.3 Å². The summed E-state index contributed by atoms with van der Waals surface area (Å²) in [6, 6.07) is 5.95. The Bertz CT molecular complexity index is 572. The fraction of sp³-hybridized carbons (Fsp3) is 0.467. The lowest BCUT2D eigenvalue weighted by Gasteiger charge is -2.32. The Hall–Kier alpha value is -2.04. The topological polar surface area (TPSA) is 43.1 Å². The maximum Gasteiger partial charge on any atom is 0.242 e. The van der Waals surface area contributed by atoms with Crippen LogP contribution in [0.2, 0.25) is 0 Å². The van der Waals surface area contributed by atoms with Gasteiger partial charge in [-0.25, -0.2) is 0 Å². The standard InChI is InChI=1S/C15H20N4O/c1-17-10-6-14(16-17)13-5-4-9-19(11-13)15(20)12-18-7-2-3-8-18/h2-3,6-8,10,13H,4-5,9,11-12H2,1H3/t13-/m0/s1. The summed E-state index contributed by atoms with van der Waals surface area (Å²) in [5.74, 6) is 0.570. The van der Waals surface area contributed by atoms with Crippen molar-refractivity contribution in [1.82, 2.24) is 19.2 Å². The number of aryl methyl sites for hydroxylation is 1. The number of hydrogen-bond acceptors (Lipinski definition) is 2. The van der Waals surface area contributed by atoms with Gasteiger partial charge < -0.3 is 9.47 Å². The first-order valence-corrected chi connectivity index (χ1v) is 7.10. The van der Waals surface area contributed by atoms with E-state index >= 15 is 0 Å². The molecule has 0 N–H and O–H groups in total. The van der Waals surface area contributed by atoms with Crippen LogP contribution < -0.4 is 0 Å². The van der Waals surface area contributed by atoms with E-state index in [2.05, 4.69) is 11.2 Å². The lowest BCUT2D eigenvalue weighted by atomic mass is 9.95. The van der Waals surface area contributed by atoms with E-state index in [0.717, 1.165) is 31.6 Å². The molecular formula is C15H20N4O. The van der Waals surface area contributed by atoms with Gasteiger partial charge in [0, 0.05) is 44.6 Å². The van der Waals surface area contributed by atoms with E-state index in [1.54, 1.807) is 0 Å². The largest absolute Gasteiger partial charge is 0.345 e. The third-order valence-electron chi connectivity index (χ3n) is 3.91. The van der Waals surface area contributed by atoms with Gasteiger partial charge >= 0.3 is 0 Å². The van der Waals surface area contributed by atoms with E-state index in [9.17, 15) is 4.79 Å². The predicted molar refractivity (Wildman–Crippen MR) is 76.2 cm³/mol. The van der Waals surface area contributed by atoms with Crippen molar-refractivity contribution in [2.75, 3.05) is 13.1 Å². The minimum atomic E-state index is 0.196. The Kier molecular flexibility index (Phi) is 3.58. The maximum atomic E-state index is 12.3. The van der Waals surface area contributed by atoms with Gasteiger partial charge in [0.25, 0.3) is 0 Å². The van der Waals surface area contributed by atoms with Crippen LogP contribution in [0.15, 0.2) is 36.8 Å². The molecule has 0 aromatic carbocycles. The molecule has 1 amide bonds. The molecule has 1 aliphatic rings. The molecule has 1 fully saturated rings. The van der Waals surface area contributed by atoms with Crippen LogP contribution in [0.25, 0.3) is 0 Å². The molecule has 2 aromatic rings. The number of piperidine rings is 1. The number of likely N-dealkylation sites (tertiary alicyclic amines) is 1. The minimum absolute atomic E-state index is 0.196. The van der Waals surface area contributed by atoms with Crippen molar-refractivity contribution in [3.63, 3.8) is 0 Å². The van der Waals surface area contributed by atoms with Gasteiger partial charge in [0.05, 0.1) is 5.69 Å². The first-order valence-electron chi connectivity index (χ1n) is 7.10. The molecule has 1 aliphatic heterocycles. The van der Waals surface area contributed by atoms with Crippen LogP contribution >= 0.6 is 0 Å². The smallest absolute Gasteiger partial charge is 0.242 e. The van der Waals surface area contributed by atoms with E-state index in [1.165, 1.54) is 0 Å². The molecule has 0 bridgehead atoms. The number of hydrogen-bond donors (Lipinski definition) is 0. The zero-order valence-corrected chi connectivity index (χ0v) is 11.8. The van der Waals surface area contributed by atoms with Gasteiger partial charge in [0.15, 0.2) is 0 Å². The molecule has 0 saturated carbocycles. The highest BCUT2D eigenvalue weighted by molar-refractivity contribution is 5.76. The second-order valence-electron chi connectivity index (χ2n) is 5.45. The predicted octanol–water partition coefficient (Wildman–Crippen LogP) is 1.63. The minimum Gasteiger partial charge on any atom is -0.345 e. The third kappa shape index (κ3) is 2.76. The molecule has 0 radical (unpaired) electrons. The van der Waals surface area contributed by atoms with Gasteiger partial charge in [-0.15, -0.1) is 0 Å². The Morgan fingerprint density at radius 3 is 2.85 bits per heavy atom. The molecule has 0 spiro atoms. The zero-order chi connectivity index (χ0) is 13.9. The molecule has 106 valence electrons. The number of carbonyl (C=O) groups is 1. The monoisotopic (exact) mass is 272 g/mol. The zero-order valence-electron chi connectivity index (χ0n) is 11.8. The fourth-order valence-corrected chi connectivity index (χ4v) is 2.83. The summed E-state index contributed by atoms with van der Waals surface area (Å²) in [7, 11) is 1.93. The average Bonchev–Trinajstić information content (AvgIpc) is 3.10. The second-order valence-corrected chi connectivity index (χ2v) is 5.45. The summed E-state index contributed by atoms with van der Waals surface area (Å²) in [6.45, 7) is 2.09. The van der Waals surface area contributed by atoms with Crippen LogP contribution in [0.5, 0.6) is 0 Å². The number of aromatic nitrogens is 3. The van der Waals surface area contributed by atoms with Crippen molar-refractivity contribution in [3.05, 3.63) is 42.5 Å². The number of carbonyl (C=O) groups excluding carboxylic acids is 1. The van der Waals surface area contributed by atoms with E-state index in [1.807, 2.05) is 51.9 Å². The van der Waals surface area contributed by atoms with Crippen molar-refractivity contribution in [1.29, 1.82) is 0 Å². The van der Waals surface area contributed by atoms with E-state index in [4.69, 9.17) is 0 Å². The Morgan fingerprint density at radius 2 is 2.15 bits per heavy atom. The Balaban J connectivity index is 1.64. The molecule has 5 nitrogen and oxygen atoms in total. The van der Waals surface area contributed by atoms with Crippen LogP contribution in [0, 0.1) is 0 Å². The van der Waals surface area contributed by atoms with Crippen LogP contribution in [0.1, 0.15) is 24.5 Å². The highest BCUT2D eigenvalue weighted by Gasteiger charge is 2.25. The summed E-state index contributed by atoms with van der Waals surface area (Å²) >= 11 is 0. The molecule has 0 unspecified atom stereocenters. The summed E-state index contributed by atoms with van der Waals surface area (Å²) in [5.41, 5.74) is 1.10. The van der Waals surface area contributed by atoms with Crippen molar-refractivity contribution >= 4 is 5.91 Å². The molecule has 1 atom stereocenters. The Labute approximate surface area is 118 Å². The SMILES string of the molecule is Cn1ccc([C@H]2CCCN(C(=O)Cn3cccc3)C2)n1. The van der Waals surface area contributed by atoms with Gasteiger partial charge in [0.2, 0.25) is 5.91 Å². The van der Waals surface area contributed by atoms with Gasteiger partial charge in [0.1, 0.15) is 6.54 Å². The van der Waals surface area contributed by atoms with Crippen LogP contribution in [0.3, 0.4) is 0 Å². The fourth-order valence-electron chi connectivity index (χ4n) is 2.83. The molecular weight excluding hydrogens is 252 g/mol. The van der Waals surface area contributed by atoms with Crippen molar-refractivity contribution < 1.29 is 4.79 Å². The van der Waals surface area contributed by atoms with Crippen LogP contribution in [0.4, 0.5) is 0 Å². The van der Waals surface area contributed by atoms with Gasteiger partial charge in [-0.2, -0.15) is 5.10 Å². The average molecular weight is 272 g/mol. The molecule has 5 heteroatoms. The van der Waals surface area contributed by atoms with Gasteiger partial charge in [-0.05, 0) is 31.0 Å². The second kappa shape index (κ2) is 5.53. The highest BCUT2D eigenvalue weighted by Crippen LogP contribution is 2.25. The molecule has 2 aromatic heterocycles. The first-order chi connectivity index (χ1) is 9.72. The van der Waals surface area contributed by atoms with E-state index in [0.29, 0.717) is 12.5 Å². The van der Waals surface area contributed by atoms with Gasteiger partial charge in [-0.3, -0.25) is 9.48 Å². The highest BCUT2D eigenvalue weighted by atomic mass is 16.2. The lowest BCUT2D eigenvalue weighted by Crippen LogP contribution is -2.40.